The SMILES string of the molecule is CC1(C)OC(=O)Nc2[c]cccc21. The van der Waals surface area contributed by atoms with Gasteiger partial charge in [-0.15, -0.1) is 0 Å². The Balaban J connectivity index is 2.56. The third kappa shape index (κ3) is 1.26. The Morgan fingerprint density at radius 1 is 1.54 bits per heavy atom. The van der Waals surface area contributed by atoms with Crippen LogP contribution in [-0.2, 0) is 10.3 Å². The highest BCUT2D eigenvalue weighted by molar-refractivity contribution is 5.88. The van der Waals surface area contributed by atoms with E-state index < -0.39 is 11.7 Å². The van der Waals surface area contributed by atoms with E-state index in [0.29, 0.717) is 5.69 Å². The lowest BCUT2D eigenvalue weighted by molar-refractivity contribution is 0.0420. The lowest BCUT2D eigenvalue weighted by Gasteiger charge is -2.32. The minimum Gasteiger partial charge on any atom is -0.438 e. The van der Waals surface area contributed by atoms with Crippen molar-refractivity contribution in [2.24, 2.45) is 0 Å². The van der Waals surface area contributed by atoms with Crippen molar-refractivity contribution in [3.63, 3.8) is 0 Å². The number of ether oxygens (including phenoxy) is 1. The number of rotatable bonds is 0. The van der Waals surface area contributed by atoms with Gasteiger partial charge in [0.25, 0.3) is 0 Å². The second kappa shape index (κ2) is 2.49. The van der Waals surface area contributed by atoms with Gasteiger partial charge >= 0.3 is 6.09 Å². The average Bonchev–Trinajstić information content (AvgIpc) is 2.02. The Bertz CT molecular complexity index is 358. The molecule has 1 amide bonds. The van der Waals surface area contributed by atoms with Crippen molar-refractivity contribution < 1.29 is 9.53 Å². The molecule has 3 nitrogen and oxygen atoms in total. The van der Waals surface area contributed by atoms with E-state index in [0.717, 1.165) is 5.56 Å². The number of hydrogen-bond donors (Lipinski definition) is 1. The van der Waals surface area contributed by atoms with Crippen LogP contribution in [0.1, 0.15) is 19.4 Å². The van der Waals surface area contributed by atoms with Gasteiger partial charge in [-0.1, -0.05) is 18.2 Å². The number of hydrogen-bond acceptors (Lipinski definition) is 2. The summed E-state index contributed by atoms with van der Waals surface area (Å²) in [5.41, 5.74) is 1.11. The van der Waals surface area contributed by atoms with Gasteiger partial charge in [0, 0.05) is 11.6 Å². The van der Waals surface area contributed by atoms with E-state index in [9.17, 15) is 4.79 Å². The maximum atomic E-state index is 11.1. The zero-order valence-corrected chi connectivity index (χ0v) is 7.55. The van der Waals surface area contributed by atoms with Gasteiger partial charge < -0.3 is 4.74 Å². The van der Waals surface area contributed by atoms with Crippen LogP contribution >= 0.6 is 0 Å². The van der Waals surface area contributed by atoms with Crippen LogP contribution in [0.15, 0.2) is 18.2 Å². The molecule has 13 heavy (non-hydrogen) atoms. The fourth-order valence-electron chi connectivity index (χ4n) is 1.46. The fraction of sp³-hybridized carbons (Fsp3) is 0.300. The van der Waals surface area contributed by atoms with Crippen LogP contribution in [0.3, 0.4) is 0 Å². The maximum absolute atomic E-state index is 11.1. The number of fused-ring (bicyclic) bond motifs is 1. The molecule has 1 N–H and O–H groups in total. The molecule has 0 saturated heterocycles. The van der Waals surface area contributed by atoms with Crippen LogP contribution in [0.25, 0.3) is 0 Å². The normalized spacial score (nSPS) is 18.5. The third-order valence-corrected chi connectivity index (χ3v) is 2.08. The van der Waals surface area contributed by atoms with Crippen LogP contribution in [0.2, 0.25) is 0 Å². The Morgan fingerprint density at radius 3 is 3.08 bits per heavy atom. The van der Waals surface area contributed by atoms with Gasteiger partial charge in [0.05, 0.1) is 5.69 Å². The topological polar surface area (TPSA) is 38.3 Å². The van der Waals surface area contributed by atoms with Crippen LogP contribution in [0.5, 0.6) is 0 Å². The summed E-state index contributed by atoms with van der Waals surface area (Å²) in [6.45, 7) is 3.72. The number of cyclic esters (lactones) is 1. The highest BCUT2D eigenvalue weighted by Crippen LogP contribution is 2.34. The standard InChI is InChI=1S/C10H10NO2/c1-10(2)7-5-3-4-6-8(7)11-9(12)13-10/h3-5H,1-2H3,(H,11,12). The zero-order valence-electron chi connectivity index (χ0n) is 7.55. The monoisotopic (exact) mass is 176 g/mol. The van der Waals surface area contributed by atoms with Crippen molar-refractivity contribution in [1.29, 1.82) is 0 Å². The maximum Gasteiger partial charge on any atom is 0.412 e. The van der Waals surface area contributed by atoms with Gasteiger partial charge in [-0.05, 0) is 13.8 Å². The molecule has 1 heterocycles. The van der Waals surface area contributed by atoms with Gasteiger partial charge in [-0.25, -0.2) is 4.79 Å². The predicted octanol–water partition coefficient (Wildman–Crippen LogP) is 2.28. The summed E-state index contributed by atoms with van der Waals surface area (Å²) in [5.74, 6) is 0. The molecule has 3 heteroatoms. The van der Waals surface area contributed by atoms with E-state index >= 15 is 0 Å². The smallest absolute Gasteiger partial charge is 0.412 e. The van der Waals surface area contributed by atoms with Crippen LogP contribution < -0.4 is 5.32 Å². The summed E-state index contributed by atoms with van der Waals surface area (Å²) in [6, 6.07) is 8.53. The Kier molecular flexibility index (Phi) is 1.55. The van der Waals surface area contributed by atoms with E-state index in [2.05, 4.69) is 11.4 Å². The number of carbonyl (C=O) groups is 1. The van der Waals surface area contributed by atoms with E-state index in [1.54, 1.807) is 6.07 Å². The molecule has 0 saturated carbocycles. The molecule has 0 unspecified atom stereocenters. The second-order valence-electron chi connectivity index (χ2n) is 3.48. The van der Waals surface area contributed by atoms with Gasteiger partial charge in [0.2, 0.25) is 0 Å². The molecule has 0 fully saturated rings. The first-order chi connectivity index (χ1) is 6.09. The molecule has 1 aliphatic heterocycles. The molecule has 0 aromatic heterocycles. The molecule has 1 aliphatic rings. The van der Waals surface area contributed by atoms with Crippen molar-refractivity contribution >= 4 is 11.8 Å². The minimum atomic E-state index is -0.560. The largest absolute Gasteiger partial charge is 0.438 e. The highest BCUT2D eigenvalue weighted by Gasteiger charge is 2.32. The average molecular weight is 176 g/mol. The molecule has 0 atom stereocenters. The fourth-order valence-corrected chi connectivity index (χ4v) is 1.46. The number of para-hydroxylation sites is 1. The summed E-state index contributed by atoms with van der Waals surface area (Å²) < 4.78 is 5.13. The number of benzene rings is 1. The molecule has 0 spiro atoms. The molecule has 67 valence electrons. The Labute approximate surface area is 76.7 Å². The third-order valence-electron chi connectivity index (χ3n) is 2.08. The minimum absolute atomic E-state index is 0.417. The zero-order chi connectivity index (χ0) is 9.47. The van der Waals surface area contributed by atoms with E-state index in [4.69, 9.17) is 4.74 Å². The quantitative estimate of drug-likeness (QED) is 0.658. The first-order valence-corrected chi connectivity index (χ1v) is 4.11. The van der Waals surface area contributed by atoms with Crippen LogP contribution in [0, 0.1) is 6.07 Å². The number of carbonyl (C=O) groups excluding carboxylic acids is 1. The van der Waals surface area contributed by atoms with Crippen LogP contribution in [-0.4, -0.2) is 6.09 Å². The van der Waals surface area contributed by atoms with Crippen molar-refractivity contribution in [1.82, 2.24) is 0 Å². The summed E-state index contributed by atoms with van der Waals surface area (Å²) >= 11 is 0. The van der Waals surface area contributed by atoms with Gasteiger partial charge in [0.15, 0.2) is 0 Å². The van der Waals surface area contributed by atoms with E-state index in [1.807, 2.05) is 26.0 Å². The lowest BCUT2D eigenvalue weighted by Crippen LogP contribution is -2.34. The Hall–Kier alpha value is -1.51. The summed E-state index contributed by atoms with van der Waals surface area (Å²) in [4.78, 5) is 11.1. The number of amides is 1. The van der Waals surface area contributed by atoms with E-state index in [1.165, 1.54) is 0 Å². The van der Waals surface area contributed by atoms with E-state index in [-0.39, 0.29) is 0 Å². The first kappa shape index (κ1) is 8.10. The first-order valence-electron chi connectivity index (χ1n) is 4.11. The predicted molar refractivity (Wildman–Crippen MR) is 48.4 cm³/mol. The molecule has 2 rings (SSSR count). The van der Waals surface area contributed by atoms with Crippen molar-refractivity contribution in [2.45, 2.75) is 19.4 Å². The Morgan fingerprint density at radius 2 is 2.31 bits per heavy atom. The molecule has 1 radical (unpaired) electrons. The molecule has 1 aromatic rings. The van der Waals surface area contributed by atoms with Crippen LogP contribution in [0.4, 0.5) is 10.5 Å². The second-order valence-corrected chi connectivity index (χ2v) is 3.48. The summed E-state index contributed by atoms with van der Waals surface area (Å²) in [6.07, 6.45) is -0.417. The lowest BCUT2D eigenvalue weighted by atomic mass is 9.95. The molecule has 1 aromatic carbocycles. The highest BCUT2D eigenvalue weighted by atomic mass is 16.6. The molecular weight excluding hydrogens is 166 g/mol. The molecule has 0 aliphatic carbocycles. The molecular formula is C10H10NO2. The summed E-state index contributed by atoms with van der Waals surface area (Å²) in [5, 5.41) is 2.60. The van der Waals surface area contributed by atoms with Crippen molar-refractivity contribution in [3.05, 3.63) is 29.8 Å². The number of nitrogens with one attached hydrogen (secondary N) is 1. The van der Waals surface area contributed by atoms with Gasteiger partial charge in [0.1, 0.15) is 5.60 Å². The van der Waals surface area contributed by atoms with Crippen molar-refractivity contribution in [3.8, 4) is 0 Å². The number of anilines is 1. The van der Waals surface area contributed by atoms with Gasteiger partial charge in [-0.2, -0.15) is 0 Å². The summed E-state index contributed by atoms with van der Waals surface area (Å²) in [7, 11) is 0. The van der Waals surface area contributed by atoms with Crippen molar-refractivity contribution in [2.75, 3.05) is 5.32 Å². The van der Waals surface area contributed by atoms with Gasteiger partial charge in [-0.3, -0.25) is 5.32 Å². The molecule has 0 bridgehead atoms.